The minimum absolute atomic E-state index is 0.169. The molecule has 1 unspecified atom stereocenters. The van der Waals surface area contributed by atoms with E-state index >= 15 is 0 Å². The highest BCUT2D eigenvalue weighted by Gasteiger charge is 2.15. The molecule has 0 saturated carbocycles. The molecule has 1 aromatic carbocycles. The van der Waals surface area contributed by atoms with Crippen molar-refractivity contribution < 1.29 is 9.13 Å². The summed E-state index contributed by atoms with van der Waals surface area (Å²) in [5.74, 6) is 0.428. The molecule has 94 valence electrons. The number of hydrogen-bond donors (Lipinski definition) is 1. The van der Waals surface area contributed by atoms with E-state index in [0.29, 0.717) is 5.92 Å². The van der Waals surface area contributed by atoms with Crippen LogP contribution in [0, 0.1) is 11.7 Å². The standard InChI is InChI=1S/C14H20FNO/c1-11(13-5-2-6-14(15)8-13)16-9-12-4-3-7-17-10-12/h2,5-6,8,11-12,16H,3-4,7,9-10H2,1H3/t11-,12?/m1/s1. The van der Waals surface area contributed by atoms with Gasteiger partial charge >= 0.3 is 0 Å². The fraction of sp³-hybridized carbons (Fsp3) is 0.571. The predicted octanol–water partition coefficient (Wildman–Crippen LogP) is 2.90. The van der Waals surface area contributed by atoms with Crippen molar-refractivity contribution >= 4 is 0 Å². The molecule has 1 aliphatic rings. The molecule has 0 amide bonds. The van der Waals surface area contributed by atoms with Crippen LogP contribution < -0.4 is 5.32 Å². The van der Waals surface area contributed by atoms with Gasteiger partial charge < -0.3 is 10.1 Å². The summed E-state index contributed by atoms with van der Waals surface area (Å²) in [6.45, 7) is 4.76. The molecule has 1 fully saturated rings. The molecule has 0 bridgehead atoms. The van der Waals surface area contributed by atoms with Gasteiger partial charge in [-0.15, -0.1) is 0 Å². The van der Waals surface area contributed by atoms with Crippen LogP contribution in [0.2, 0.25) is 0 Å². The quantitative estimate of drug-likeness (QED) is 0.869. The molecule has 1 aliphatic heterocycles. The zero-order valence-corrected chi connectivity index (χ0v) is 10.3. The monoisotopic (exact) mass is 237 g/mol. The molecule has 2 nitrogen and oxygen atoms in total. The number of rotatable bonds is 4. The molecular weight excluding hydrogens is 217 g/mol. The van der Waals surface area contributed by atoms with Crippen molar-refractivity contribution in [3.8, 4) is 0 Å². The predicted molar refractivity (Wildman–Crippen MR) is 66.4 cm³/mol. The Balaban J connectivity index is 1.82. The van der Waals surface area contributed by atoms with Crippen LogP contribution in [0.1, 0.15) is 31.4 Å². The van der Waals surface area contributed by atoms with E-state index in [1.807, 2.05) is 6.07 Å². The van der Waals surface area contributed by atoms with Crippen molar-refractivity contribution in [2.75, 3.05) is 19.8 Å². The van der Waals surface area contributed by atoms with Crippen molar-refractivity contribution in [2.24, 2.45) is 5.92 Å². The number of halogens is 1. The number of benzene rings is 1. The van der Waals surface area contributed by atoms with Crippen molar-refractivity contribution in [3.63, 3.8) is 0 Å². The lowest BCUT2D eigenvalue weighted by atomic mass is 10.0. The molecule has 1 aromatic rings. The van der Waals surface area contributed by atoms with Crippen molar-refractivity contribution in [1.82, 2.24) is 5.32 Å². The maximum atomic E-state index is 13.1. The van der Waals surface area contributed by atoms with Crippen LogP contribution in [-0.2, 0) is 4.74 Å². The molecule has 1 heterocycles. The average molecular weight is 237 g/mol. The molecule has 0 aliphatic carbocycles. The summed E-state index contributed by atoms with van der Waals surface area (Å²) in [6, 6.07) is 6.97. The molecule has 2 rings (SSSR count). The van der Waals surface area contributed by atoms with E-state index in [-0.39, 0.29) is 11.9 Å². The van der Waals surface area contributed by atoms with E-state index in [1.165, 1.54) is 12.5 Å². The Morgan fingerprint density at radius 2 is 2.41 bits per heavy atom. The molecule has 0 spiro atoms. The molecule has 1 saturated heterocycles. The topological polar surface area (TPSA) is 21.3 Å². The number of ether oxygens (including phenoxy) is 1. The van der Waals surface area contributed by atoms with Crippen LogP contribution in [-0.4, -0.2) is 19.8 Å². The largest absolute Gasteiger partial charge is 0.381 e. The smallest absolute Gasteiger partial charge is 0.123 e. The summed E-state index contributed by atoms with van der Waals surface area (Å²) in [6.07, 6.45) is 2.38. The summed E-state index contributed by atoms with van der Waals surface area (Å²) in [5.41, 5.74) is 1.00. The minimum atomic E-state index is -0.169. The maximum absolute atomic E-state index is 13.1. The van der Waals surface area contributed by atoms with Gasteiger partial charge in [-0.3, -0.25) is 0 Å². The zero-order chi connectivity index (χ0) is 12.1. The second-order valence-electron chi connectivity index (χ2n) is 4.77. The second-order valence-corrected chi connectivity index (χ2v) is 4.77. The minimum Gasteiger partial charge on any atom is -0.381 e. The third-order valence-corrected chi connectivity index (χ3v) is 3.32. The third kappa shape index (κ3) is 3.79. The van der Waals surface area contributed by atoms with Crippen molar-refractivity contribution in [2.45, 2.75) is 25.8 Å². The number of hydrogen-bond acceptors (Lipinski definition) is 2. The van der Waals surface area contributed by atoms with E-state index in [9.17, 15) is 4.39 Å². The van der Waals surface area contributed by atoms with Crippen molar-refractivity contribution in [1.29, 1.82) is 0 Å². The Hall–Kier alpha value is -0.930. The second kappa shape index (κ2) is 6.12. The summed E-state index contributed by atoms with van der Waals surface area (Å²) in [4.78, 5) is 0. The van der Waals surface area contributed by atoms with Gasteiger partial charge in [0.2, 0.25) is 0 Å². The van der Waals surface area contributed by atoms with Crippen LogP contribution in [0.15, 0.2) is 24.3 Å². The van der Waals surface area contributed by atoms with E-state index in [0.717, 1.165) is 31.7 Å². The van der Waals surface area contributed by atoms with E-state index < -0.39 is 0 Å². The Kier molecular flexibility index (Phi) is 4.51. The summed E-state index contributed by atoms with van der Waals surface area (Å²) < 4.78 is 18.5. The van der Waals surface area contributed by atoms with E-state index in [4.69, 9.17) is 4.74 Å². The third-order valence-electron chi connectivity index (χ3n) is 3.32. The first-order valence-electron chi connectivity index (χ1n) is 6.32. The molecule has 1 N–H and O–H groups in total. The van der Waals surface area contributed by atoms with E-state index in [2.05, 4.69) is 12.2 Å². The summed E-state index contributed by atoms with van der Waals surface area (Å²) in [7, 11) is 0. The average Bonchev–Trinajstić information content (AvgIpc) is 2.37. The first-order valence-corrected chi connectivity index (χ1v) is 6.32. The maximum Gasteiger partial charge on any atom is 0.123 e. The first kappa shape index (κ1) is 12.5. The fourth-order valence-corrected chi connectivity index (χ4v) is 2.21. The van der Waals surface area contributed by atoms with Crippen LogP contribution in [0.3, 0.4) is 0 Å². The van der Waals surface area contributed by atoms with Gasteiger partial charge in [0.05, 0.1) is 6.61 Å². The Labute approximate surface area is 102 Å². The lowest BCUT2D eigenvalue weighted by Crippen LogP contribution is -2.30. The molecule has 17 heavy (non-hydrogen) atoms. The molecule has 0 radical (unpaired) electrons. The summed E-state index contributed by atoms with van der Waals surface area (Å²) in [5, 5.41) is 3.45. The van der Waals surface area contributed by atoms with Gasteiger partial charge in [0.1, 0.15) is 5.82 Å². The molecular formula is C14H20FNO. The molecule has 2 atom stereocenters. The lowest BCUT2D eigenvalue weighted by Gasteiger charge is -2.24. The normalized spacial score (nSPS) is 22.4. The summed E-state index contributed by atoms with van der Waals surface area (Å²) >= 11 is 0. The van der Waals surface area contributed by atoms with Crippen LogP contribution in [0.25, 0.3) is 0 Å². The zero-order valence-electron chi connectivity index (χ0n) is 10.3. The first-order chi connectivity index (χ1) is 8.25. The van der Waals surface area contributed by atoms with Gasteiger partial charge in [-0.05, 0) is 43.4 Å². The SMILES string of the molecule is C[C@@H](NCC1CCCOC1)c1cccc(F)c1. The van der Waals surface area contributed by atoms with Crippen LogP contribution in [0.4, 0.5) is 4.39 Å². The Bertz CT molecular complexity index is 350. The van der Waals surface area contributed by atoms with Crippen molar-refractivity contribution in [3.05, 3.63) is 35.6 Å². The number of nitrogens with one attached hydrogen (secondary N) is 1. The van der Waals surface area contributed by atoms with Gasteiger partial charge in [0, 0.05) is 19.2 Å². The highest BCUT2D eigenvalue weighted by molar-refractivity contribution is 5.19. The molecule has 0 aromatic heterocycles. The lowest BCUT2D eigenvalue weighted by molar-refractivity contribution is 0.0540. The van der Waals surface area contributed by atoms with Gasteiger partial charge in [0.15, 0.2) is 0 Å². The highest BCUT2D eigenvalue weighted by atomic mass is 19.1. The highest BCUT2D eigenvalue weighted by Crippen LogP contribution is 2.16. The van der Waals surface area contributed by atoms with E-state index in [1.54, 1.807) is 12.1 Å². The molecule has 3 heteroatoms. The van der Waals surface area contributed by atoms with Gasteiger partial charge in [-0.25, -0.2) is 4.39 Å². The van der Waals surface area contributed by atoms with Gasteiger partial charge in [0.25, 0.3) is 0 Å². The Morgan fingerprint density at radius 3 is 3.12 bits per heavy atom. The Morgan fingerprint density at radius 1 is 1.53 bits per heavy atom. The van der Waals surface area contributed by atoms with Crippen LogP contribution >= 0.6 is 0 Å². The van der Waals surface area contributed by atoms with Crippen LogP contribution in [0.5, 0.6) is 0 Å². The van der Waals surface area contributed by atoms with Gasteiger partial charge in [-0.2, -0.15) is 0 Å². The fourth-order valence-electron chi connectivity index (χ4n) is 2.21. The van der Waals surface area contributed by atoms with Gasteiger partial charge in [-0.1, -0.05) is 12.1 Å².